The zero-order chi connectivity index (χ0) is 19.6. The van der Waals surface area contributed by atoms with Gasteiger partial charge in [-0.25, -0.2) is 4.98 Å². The zero-order valence-corrected chi connectivity index (χ0v) is 15.7. The van der Waals surface area contributed by atoms with Gasteiger partial charge in [0.2, 0.25) is 17.7 Å². The molecule has 0 N–H and O–H groups in total. The van der Waals surface area contributed by atoms with Gasteiger partial charge >= 0.3 is 0 Å². The quantitative estimate of drug-likeness (QED) is 0.381. The maximum Gasteiger partial charge on any atom is 0.248 e. The molecule has 0 saturated heterocycles. The Morgan fingerprint density at radius 2 is 1.24 bits per heavy atom. The second-order valence-corrected chi connectivity index (χ2v) is 6.70. The van der Waals surface area contributed by atoms with Crippen molar-refractivity contribution in [1.29, 1.82) is 0 Å². The minimum Gasteiger partial charge on any atom is -0.436 e. The van der Waals surface area contributed by atoms with Gasteiger partial charge in [-0.15, -0.1) is 10.2 Å². The van der Waals surface area contributed by atoms with Crippen LogP contribution in [0.3, 0.4) is 0 Å². The van der Waals surface area contributed by atoms with E-state index in [0.717, 1.165) is 33.6 Å². The van der Waals surface area contributed by atoms with Crippen LogP contribution >= 0.6 is 0 Å². The lowest BCUT2D eigenvalue weighted by Gasteiger charge is -2.00. The van der Waals surface area contributed by atoms with Crippen molar-refractivity contribution in [3.8, 4) is 45.7 Å². The van der Waals surface area contributed by atoms with Crippen molar-refractivity contribution in [2.45, 2.75) is 6.92 Å². The third-order valence-electron chi connectivity index (χ3n) is 4.74. The Morgan fingerprint density at radius 3 is 2.00 bits per heavy atom. The highest BCUT2D eigenvalue weighted by molar-refractivity contribution is 5.65. The van der Waals surface area contributed by atoms with E-state index in [9.17, 15) is 0 Å². The average Bonchev–Trinajstić information content (AvgIpc) is 3.45. The van der Waals surface area contributed by atoms with E-state index in [4.69, 9.17) is 8.83 Å². The highest BCUT2D eigenvalue weighted by Gasteiger charge is 2.13. The first-order chi connectivity index (χ1) is 14.3. The molecule has 0 radical (unpaired) electrons. The smallest absolute Gasteiger partial charge is 0.248 e. The van der Waals surface area contributed by atoms with Crippen molar-refractivity contribution in [3.05, 3.63) is 90.6 Å². The lowest BCUT2D eigenvalue weighted by molar-refractivity contribution is 0.583. The average molecular weight is 379 g/mol. The number of nitrogens with zero attached hydrogens (tertiary/aromatic N) is 3. The van der Waals surface area contributed by atoms with Crippen LogP contribution in [0.5, 0.6) is 0 Å². The summed E-state index contributed by atoms with van der Waals surface area (Å²) in [5.41, 5.74) is 4.76. The van der Waals surface area contributed by atoms with Gasteiger partial charge in [-0.1, -0.05) is 48.5 Å². The summed E-state index contributed by atoms with van der Waals surface area (Å²) >= 11 is 0. The van der Waals surface area contributed by atoms with Crippen LogP contribution in [0, 0.1) is 6.92 Å². The van der Waals surface area contributed by atoms with E-state index < -0.39 is 0 Å². The van der Waals surface area contributed by atoms with Gasteiger partial charge in [0.1, 0.15) is 0 Å². The fourth-order valence-electron chi connectivity index (χ4n) is 3.16. The summed E-state index contributed by atoms with van der Waals surface area (Å²) in [6, 6.07) is 25.6. The summed E-state index contributed by atoms with van der Waals surface area (Å²) in [5.74, 6) is 2.31. The molecule has 0 fully saturated rings. The van der Waals surface area contributed by atoms with E-state index in [-0.39, 0.29) is 0 Å². The van der Waals surface area contributed by atoms with Crippen molar-refractivity contribution in [3.63, 3.8) is 0 Å². The summed E-state index contributed by atoms with van der Waals surface area (Å²) in [6.45, 7) is 2.02. The molecule has 2 aromatic heterocycles. The topological polar surface area (TPSA) is 65.0 Å². The van der Waals surface area contributed by atoms with E-state index >= 15 is 0 Å². The van der Waals surface area contributed by atoms with Crippen molar-refractivity contribution in [2.75, 3.05) is 0 Å². The normalized spacial score (nSPS) is 10.9. The minimum atomic E-state index is 0.479. The van der Waals surface area contributed by atoms with Crippen molar-refractivity contribution >= 4 is 0 Å². The molecule has 0 bridgehead atoms. The fourth-order valence-corrected chi connectivity index (χ4v) is 3.16. The Morgan fingerprint density at radius 1 is 0.586 bits per heavy atom. The summed E-state index contributed by atoms with van der Waals surface area (Å²) in [5, 5.41) is 8.39. The molecule has 0 atom stereocenters. The Labute approximate surface area is 167 Å². The van der Waals surface area contributed by atoms with Gasteiger partial charge in [0.15, 0.2) is 5.76 Å². The first kappa shape index (κ1) is 17.1. The molecular formula is C24H17N3O2. The van der Waals surface area contributed by atoms with Gasteiger partial charge in [-0.05, 0) is 42.8 Å². The van der Waals surface area contributed by atoms with Gasteiger partial charge in [0, 0.05) is 22.3 Å². The van der Waals surface area contributed by atoms with Crippen LogP contribution < -0.4 is 0 Å². The molecule has 0 unspecified atom stereocenters. The van der Waals surface area contributed by atoms with Crippen LogP contribution in [0.15, 0.2) is 93.9 Å². The molecule has 0 aliphatic heterocycles. The molecule has 0 aliphatic rings. The lowest BCUT2D eigenvalue weighted by atomic mass is 10.1. The van der Waals surface area contributed by atoms with E-state index in [0.29, 0.717) is 17.7 Å². The second kappa shape index (κ2) is 7.20. The van der Waals surface area contributed by atoms with E-state index in [2.05, 4.69) is 15.2 Å². The van der Waals surface area contributed by atoms with Gasteiger partial charge in [0.05, 0.1) is 6.20 Å². The Bertz CT molecular complexity index is 1250. The minimum absolute atomic E-state index is 0.479. The molecule has 5 nitrogen and oxygen atoms in total. The maximum absolute atomic E-state index is 5.91. The molecule has 5 rings (SSSR count). The SMILES string of the molecule is Cc1ccccc1-c1nnc(-c2ccc(-c3ncc(-c4ccccc4)o3)cc2)o1. The number of rotatable bonds is 4. The van der Waals surface area contributed by atoms with Gasteiger partial charge in [0.25, 0.3) is 0 Å². The van der Waals surface area contributed by atoms with Crippen molar-refractivity contribution in [1.82, 2.24) is 15.2 Å². The highest BCUT2D eigenvalue weighted by atomic mass is 16.4. The number of oxazole rings is 1. The first-order valence-electron chi connectivity index (χ1n) is 9.29. The Balaban J connectivity index is 1.40. The van der Waals surface area contributed by atoms with Crippen LogP contribution in [0.4, 0.5) is 0 Å². The predicted octanol–water partition coefficient (Wildman–Crippen LogP) is 6.03. The van der Waals surface area contributed by atoms with Gasteiger partial charge in [-0.3, -0.25) is 0 Å². The molecule has 3 aromatic carbocycles. The molecule has 0 aliphatic carbocycles. The third kappa shape index (κ3) is 3.34. The summed E-state index contributed by atoms with van der Waals surface area (Å²) < 4.78 is 11.8. The third-order valence-corrected chi connectivity index (χ3v) is 4.74. The molecule has 0 spiro atoms. The molecule has 5 aromatic rings. The highest BCUT2D eigenvalue weighted by Crippen LogP contribution is 2.29. The Hall–Kier alpha value is -3.99. The number of benzene rings is 3. The Kier molecular flexibility index (Phi) is 4.26. The summed E-state index contributed by atoms with van der Waals surface area (Å²) in [4.78, 5) is 4.40. The van der Waals surface area contributed by atoms with Crippen LogP contribution in [0.25, 0.3) is 45.7 Å². The molecule has 0 amide bonds. The molecule has 5 heteroatoms. The molecule has 29 heavy (non-hydrogen) atoms. The largest absolute Gasteiger partial charge is 0.436 e. The molecule has 0 saturated carbocycles. The van der Waals surface area contributed by atoms with E-state index in [1.54, 1.807) is 6.20 Å². The maximum atomic E-state index is 5.91. The van der Waals surface area contributed by atoms with Crippen LogP contribution in [0.2, 0.25) is 0 Å². The fraction of sp³-hybridized carbons (Fsp3) is 0.0417. The van der Waals surface area contributed by atoms with Crippen molar-refractivity contribution in [2.24, 2.45) is 0 Å². The number of hydrogen-bond donors (Lipinski definition) is 0. The molecular weight excluding hydrogens is 362 g/mol. The summed E-state index contributed by atoms with van der Waals surface area (Å²) in [6.07, 6.45) is 1.74. The number of hydrogen-bond acceptors (Lipinski definition) is 5. The number of aromatic nitrogens is 3. The predicted molar refractivity (Wildman–Crippen MR) is 111 cm³/mol. The van der Waals surface area contributed by atoms with Crippen LogP contribution in [-0.2, 0) is 0 Å². The summed E-state index contributed by atoms with van der Waals surface area (Å²) in [7, 11) is 0. The van der Waals surface area contributed by atoms with Gasteiger partial charge in [-0.2, -0.15) is 0 Å². The van der Waals surface area contributed by atoms with Crippen LogP contribution in [0.1, 0.15) is 5.56 Å². The standard InChI is InChI=1S/C24H17N3O2/c1-16-7-5-6-10-20(16)24-27-26-23(29-24)19-13-11-18(12-14-19)22-25-15-21(28-22)17-8-3-2-4-9-17/h2-15H,1H3. The first-order valence-corrected chi connectivity index (χ1v) is 9.29. The van der Waals surface area contributed by atoms with E-state index in [1.165, 1.54) is 0 Å². The lowest BCUT2D eigenvalue weighted by Crippen LogP contribution is -1.81. The van der Waals surface area contributed by atoms with Crippen LogP contribution in [-0.4, -0.2) is 15.2 Å². The monoisotopic (exact) mass is 379 g/mol. The second-order valence-electron chi connectivity index (χ2n) is 6.70. The van der Waals surface area contributed by atoms with Gasteiger partial charge < -0.3 is 8.83 Å². The van der Waals surface area contributed by atoms with Crippen molar-refractivity contribution < 1.29 is 8.83 Å². The van der Waals surface area contributed by atoms with E-state index in [1.807, 2.05) is 85.8 Å². The molecule has 140 valence electrons. The molecule has 2 heterocycles. The zero-order valence-electron chi connectivity index (χ0n) is 15.7. The number of aryl methyl sites for hydroxylation is 1.